The average molecular weight is 868 g/mol. The molecule has 0 aromatic carbocycles. The number of carbonyl (C=O) groups excluding carboxylic acids is 3. The predicted molar refractivity (Wildman–Crippen MR) is 184 cm³/mol. The van der Waals surface area contributed by atoms with Crippen molar-refractivity contribution in [3.05, 3.63) is 12.7 Å². The van der Waals surface area contributed by atoms with Crippen molar-refractivity contribution in [1.82, 2.24) is 30.2 Å². The molecule has 0 spiro atoms. The van der Waals surface area contributed by atoms with E-state index in [0.717, 1.165) is 29.0 Å². The molecular weight excluding hydrogens is 827 g/mol. The zero-order valence-electron chi connectivity index (χ0n) is 29.0. The molecule has 11 N–H and O–H groups in total. The standard InChI is InChI=1S/C25H40N7O19P3S/c1-12(23(37)38)24(39)55-7-6-27-14(33)4-5-28-21(36)18(35)25(2,3)9-48-54(45,46)51-53(43,44)47-8-13-17(50-52(40,41)42)16(34)22(49-13)32-11-31-15-19(26)29-10-30-20(15)32/h10-13,16-18,22,34-35H,4-9H2,1-3H3,(H,27,33)(H,28,36)(H,37,38)(H,43,44)(H,45,46)(H2,26,29,30)(H2,40,41,42)/t12-,13?,16?,17?,18?,22?/m1/s1. The zero-order chi connectivity index (χ0) is 41.5. The summed E-state index contributed by atoms with van der Waals surface area (Å²) in [6.45, 7) is 1.35. The molecule has 2 aromatic rings. The van der Waals surface area contributed by atoms with Gasteiger partial charge in [-0.25, -0.2) is 28.6 Å². The van der Waals surface area contributed by atoms with E-state index in [4.69, 9.17) is 24.6 Å². The Morgan fingerprint density at radius 1 is 1.05 bits per heavy atom. The third-order valence-corrected chi connectivity index (χ3v) is 11.6. The van der Waals surface area contributed by atoms with Crippen molar-refractivity contribution in [3.63, 3.8) is 0 Å². The first kappa shape index (κ1) is 46.4. The number of thioether (sulfide) groups is 1. The molecule has 55 heavy (non-hydrogen) atoms. The minimum absolute atomic E-state index is 0.0183. The van der Waals surface area contributed by atoms with Crippen LogP contribution in [0.25, 0.3) is 11.2 Å². The number of phosphoric ester groups is 3. The van der Waals surface area contributed by atoms with E-state index in [2.05, 4.69) is 34.4 Å². The van der Waals surface area contributed by atoms with Crippen molar-refractivity contribution in [2.24, 2.45) is 11.3 Å². The van der Waals surface area contributed by atoms with Crippen LogP contribution in [0.1, 0.15) is 33.4 Å². The van der Waals surface area contributed by atoms with Crippen molar-refractivity contribution in [2.45, 2.75) is 57.8 Å². The highest BCUT2D eigenvalue weighted by Gasteiger charge is 2.50. The number of hydrogen-bond acceptors (Lipinski definition) is 19. The van der Waals surface area contributed by atoms with Crippen LogP contribution in [0, 0.1) is 11.3 Å². The monoisotopic (exact) mass is 867 g/mol. The second kappa shape index (κ2) is 19.0. The Morgan fingerprint density at radius 2 is 1.71 bits per heavy atom. The van der Waals surface area contributed by atoms with Gasteiger partial charge in [0.2, 0.25) is 16.9 Å². The molecule has 0 bridgehead atoms. The van der Waals surface area contributed by atoms with Crippen LogP contribution in [0.15, 0.2) is 12.7 Å². The number of fused-ring (bicyclic) bond motifs is 1. The summed E-state index contributed by atoms with van der Waals surface area (Å²) in [7, 11) is -16.4. The molecule has 3 heterocycles. The van der Waals surface area contributed by atoms with Gasteiger partial charge in [0.25, 0.3) is 0 Å². The van der Waals surface area contributed by atoms with Gasteiger partial charge in [-0.1, -0.05) is 25.6 Å². The molecule has 7 unspecified atom stereocenters. The molecule has 2 amide bonds. The van der Waals surface area contributed by atoms with E-state index in [-0.39, 0.29) is 42.2 Å². The Kier molecular flexibility index (Phi) is 16.0. The zero-order valence-corrected chi connectivity index (χ0v) is 32.5. The number of nitrogens with two attached hydrogens (primary N) is 1. The van der Waals surface area contributed by atoms with Crippen molar-refractivity contribution in [2.75, 3.05) is 37.8 Å². The van der Waals surface area contributed by atoms with Crippen LogP contribution in [0.5, 0.6) is 0 Å². The number of amides is 2. The van der Waals surface area contributed by atoms with Crippen molar-refractivity contribution in [3.8, 4) is 0 Å². The topological polar surface area (TPSA) is 401 Å². The molecule has 310 valence electrons. The third-order valence-electron chi connectivity index (χ3n) is 7.47. The van der Waals surface area contributed by atoms with E-state index in [1.807, 2.05) is 0 Å². The number of carboxylic acid groups (broad SMARTS) is 1. The summed E-state index contributed by atoms with van der Waals surface area (Å²) < 4.78 is 61.9. The average Bonchev–Trinajstić information content (AvgIpc) is 3.64. The number of aromatic nitrogens is 4. The van der Waals surface area contributed by atoms with Crippen molar-refractivity contribution >= 4 is 75.1 Å². The summed E-state index contributed by atoms with van der Waals surface area (Å²) in [6, 6.07) is 0. The highest BCUT2D eigenvalue weighted by atomic mass is 32.2. The maximum atomic E-state index is 12.6. The number of ether oxygens (including phenoxy) is 1. The second-order valence-electron chi connectivity index (χ2n) is 12.3. The summed E-state index contributed by atoms with van der Waals surface area (Å²) in [5.74, 6) is -4.01. The van der Waals surface area contributed by atoms with Crippen LogP contribution in [-0.2, 0) is 55.5 Å². The fourth-order valence-corrected chi connectivity index (χ4v) is 8.09. The van der Waals surface area contributed by atoms with Crippen LogP contribution >= 0.6 is 35.2 Å². The highest BCUT2D eigenvalue weighted by Crippen LogP contribution is 2.61. The fraction of sp³-hybridized carbons (Fsp3) is 0.640. The van der Waals surface area contributed by atoms with Crippen molar-refractivity contribution < 1.29 is 90.4 Å². The van der Waals surface area contributed by atoms with E-state index in [1.54, 1.807) is 0 Å². The number of aliphatic hydroxyl groups excluding tert-OH is 2. The Balaban J connectivity index is 1.50. The van der Waals surface area contributed by atoms with Crippen LogP contribution < -0.4 is 16.4 Å². The highest BCUT2D eigenvalue weighted by molar-refractivity contribution is 8.13. The molecule has 2 aromatic heterocycles. The quantitative estimate of drug-likeness (QED) is 0.0383. The number of nitrogens with one attached hydrogen (secondary N) is 2. The van der Waals surface area contributed by atoms with Gasteiger partial charge in [0, 0.05) is 30.7 Å². The molecule has 26 nitrogen and oxygen atoms in total. The first-order valence-electron chi connectivity index (χ1n) is 15.6. The van der Waals surface area contributed by atoms with Crippen LogP contribution in [0.2, 0.25) is 0 Å². The number of anilines is 1. The minimum atomic E-state index is -5.59. The lowest BCUT2D eigenvalue weighted by atomic mass is 9.87. The maximum Gasteiger partial charge on any atom is 0.481 e. The third kappa shape index (κ3) is 13.6. The van der Waals surface area contributed by atoms with Gasteiger partial charge in [0.15, 0.2) is 17.7 Å². The summed E-state index contributed by atoms with van der Waals surface area (Å²) in [5, 5.41) is 34.3. The van der Waals surface area contributed by atoms with Gasteiger partial charge in [-0.3, -0.25) is 37.3 Å². The first-order valence-corrected chi connectivity index (χ1v) is 21.1. The number of imidazole rings is 1. The number of nitrogens with zero attached hydrogens (tertiary/aromatic N) is 4. The number of carbonyl (C=O) groups is 4. The van der Waals surface area contributed by atoms with Gasteiger partial charge in [0.05, 0.1) is 19.5 Å². The number of nitrogen functional groups attached to an aromatic ring is 1. The molecule has 1 aliphatic rings. The summed E-state index contributed by atoms with van der Waals surface area (Å²) in [6.07, 6.45) is -7.13. The normalized spacial score (nSPS) is 22.3. The largest absolute Gasteiger partial charge is 0.481 e. The van der Waals surface area contributed by atoms with E-state index >= 15 is 0 Å². The van der Waals surface area contributed by atoms with Crippen LogP contribution in [-0.4, -0.2) is 134 Å². The number of aliphatic carboxylic acids is 1. The lowest BCUT2D eigenvalue weighted by Gasteiger charge is -2.30. The lowest BCUT2D eigenvalue weighted by molar-refractivity contribution is -0.143. The molecule has 8 atom stereocenters. The Hall–Kier alpha value is -2.97. The molecule has 0 saturated carbocycles. The molecule has 1 aliphatic heterocycles. The van der Waals surface area contributed by atoms with E-state index in [0.29, 0.717) is 0 Å². The summed E-state index contributed by atoms with van der Waals surface area (Å²) in [4.78, 5) is 97.8. The molecule has 1 saturated heterocycles. The number of phosphoric acid groups is 3. The number of rotatable bonds is 21. The van der Waals surface area contributed by atoms with Crippen molar-refractivity contribution in [1.29, 1.82) is 0 Å². The van der Waals surface area contributed by atoms with Crippen LogP contribution in [0.3, 0.4) is 0 Å². The van der Waals surface area contributed by atoms with E-state index in [1.165, 1.54) is 20.8 Å². The molecule has 3 rings (SSSR count). The van der Waals surface area contributed by atoms with Gasteiger partial charge in [-0.05, 0) is 6.92 Å². The number of aliphatic hydroxyl groups is 2. The molecular formula is C25H40N7O19P3S. The summed E-state index contributed by atoms with van der Waals surface area (Å²) in [5.41, 5.74) is 4.19. The lowest BCUT2D eigenvalue weighted by Crippen LogP contribution is -2.46. The smallest absolute Gasteiger partial charge is 0.481 e. The van der Waals surface area contributed by atoms with Gasteiger partial charge in [0.1, 0.15) is 42.2 Å². The fourth-order valence-electron chi connectivity index (χ4n) is 4.51. The molecule has 1 fully saturated rings. The summed E-state index contributed by atoms with van der Waals surface area (Å²) >= 11 is 0.726. The molecule has 0 radical (unpaired) electrons. The first-order chi connectivity index (χ1) is 25.3. The second-order valence-corrected chi connectivity index (χ2v) is 17.6. The minimum Gasteiger partial charge on any atom is -0.481 e. The number of carboxylic acids is 1. The van der Waals surface area contributed by atoms with E-state index < -0.39 is 102 Å². The Morgan fingerprint density at radius 3 is 2.35 bits per heavy atom. The predicted octanol–water partition coefficient (Wildman–Crippen LogP) is -1.61. The van der Waals surface area contributed by atoms with Gasteiger partial charge < -0.3 is 56.0 Å². The number of hydrogen-bond donors (Lipinski definition) is 10. The Bertz CT molecular complexity index is 1860. The van der Waals surface area contributed by atoms with Gasteiger partial charge >= 0.3 is 29.4 Å². The van der Waals surface area contributed by atoms with Gasteiger partial charge in [-0.2, -0.15) is 4.31 Å². The van der Waals surface area contributed by atoms with Gasteiger partial charge in [-0.15, -0.1) is 0 Å². The Labute approximate surface area is 314 Å². The van der Waals surface area contributed by atoms with E-state index in [9.17, 15) is 62.7 Å². The van der Waals surface area contributed by atoms with Crippen LogP contribution in [0.4, 0.5) is 5.82 Å². The maximum absolute atomic E-state index is 12.6. The molecule has 30 heteroatoms. The molecule has 0 aliphatic carbocycles. The SMILES string of the molecule is C[C@H](C(=O)O)C(=O)SCCNC(=O)CCNC(=O)C(O)C(C)(C)COP(=O)(O)OP(=O)(O)OCC1OC(n2cnc3c(N)ncnc32)C(O)C1OP(=O)(O)O.